The Labute approximate surface area is 100 Å². The number of carbonyl (C=O) groups is 1. The average molecular weight is 235 g/mol. The summed E-state index contributed by atoms with van der Waals surface area (Å²) in [5.74, 6) is 5.31. The molecule has 0 aliphatic carbocycles. The molecule has 4 N–H and O–H groups in total. The van der Waals surface area contributed by atoms with Crippen molar-refractivity contribution < 1.29 is 9.90 Å². The predicted octanol–water partition coefficient (Wildman–Crippen LogP) is 0.569. The summed E-state index contributed by atoms with van der Waals surface area (Å²) in [5.41, 5.74) is 3.69. The maximum absolute atomic E-state index is 12.3. The molecule has 1 atom stereocenters. The number of nitrogens with one attached hydrogen (secondary N) is 1. The Morgan fingerprint density at radius 3 is 3.00 bits per heavy atom. The number of hydrogen-bond donors (Lipinski definition) is 3. The number of likely N-dealkylation sites (tertiary alicyclic amines) is 1. The van der Waals surface area contributed by atoms with Crippen LogP contribution in [0.25, 0.3) is 0 Å². The third-order valence-corrected chi connectivity index (χ3v) is 3.16. The largest absolute Gasteiger partial charge is 0.394 e. The first-order chi connectivity index (χ1) is 8.27. The monoisotopic (exact) mass is 235 g/mol. The summed E-state index contributed by atoms with van der Waals surface area (Å²) in [4.78, 5) is 14.0. The Morgan fingerprint density at radius 2 is 2.29 bits per heavy atom. The molecule has 0 spiro atoms. The molecular weight excluding hydrogens is 218 g/mol. The fourth-order valence-corrected chi connectivity index (χ4v) is 2.24. The van der Waals surface area contributed by atoms with E-state index in [4.69, 9.17) is 5.84 Å². The van der Waals surface area contributed by atoms with Crippen LogP contribution in [-0.4, -0.2) is 35.1 Å². The first-order valence-corrected chi connectivity index (χ1v) is 5.75. The van der Waals surface area contributed by atoms with Crippen molar-refractivity contribution in [3.8, 4) is 0 Å². The van der Waals surface area contributed by atoms with Crippen molar-refractivity contribution in [2.45, 2.75) is 18.9 Å². The molecule has 1 fully saturated rings. The molecule has 1 aromatic rings. The highest BCUT2D eigenvalue weighted by atomic mass is 16.3. The van der Waals surface area contributed by atoms with Crippen LogP contribution >= 0.6 is 0 Å². The minimum Gasteiger partial charge on any atom is -0.394 e. The Balaban J connectivity index is 2.24. The molecule has 5 nitrogen and oxygen atoms in total. The van der Waals surface area contributed by atoms with Crippen molar-refractivity contribution in [1.82, 2.24) is 4.90 Å². The molecule has 1 heterocycles. The van der Waals surface area contributed by atoms with Crippen molar-refractivity contribution in [1.29, 1.82) is 0 Å². The lowest BCUT2D eigenvalue weighted by molar-refractivity contribution is 0.0678. The van der Waals surface area contributed by atoms with Crippen molar-refractivity contribution in [2.75, 3.05) is 18.6 Å². The van der Waals surface area contributed by atoms with Gasteiger partial charge in [-0.05, 0) is 25.0 Å². The zero-order valence-electron chi connectivity index (χ0n) is 9.60. The van der Waals surface area contributed by atoms with E-state index in [0.29, 0.717) is 17.8 Å². The first-order valence-electron chi connectivity index (χ1n) is 5.75. The molecule has 1 amide bonds. The van der Waals surface area contributed by atoms with Crippen LogP contribution < -0.4 is 11.3 Å². The van der Waals surface area contributed by atoms with Crippen LogP contribution in [0.4, 0.5) is 5.69 Å². The van der Waals surface area contributed by atoms with E-state index in [9.17, 15) is 9.90 Å². The van der Waals surface area contributed by atoms with Crippen molar-refractivity contribution in [3.05, 3.63) is 29.8 Å². The summed E-state index contributed by atoms with van der Waals surface area (Å²) in [6.07, 6.45) is 1.80. The molecule has 92 valence electrons. The van der Waals surface area contributed by atoms with Gasteiger partial charge in [-0.2, -0.15) is 0 Å². The number of benzene rings is 1. The summed E-state index contributed by atoms with van der Waals surface area (Å²) in [6.45, 7) is 0.715. The van der Waals surface area contributed by atoms with Gasteiger partial charge in [0.1, 0.15) is 0 Å². The van der Waals surface area contributed by atoms with Gasteiger partial charge in [0, 0.05) is 6.54 Å². The van der Waals surface area contributed by atoms with Gasteiger partial charge in [-0.15, -0.1) is 0 Å². The average Bonchev–Trinajstić information content (AvgIpc) is 2.86. The number of nitrogens with two attached hydrogens (primary N) is 1. The lowest BCUT2D eigenvalue weighted by atomic mass is 10.1. The summed E-state index contributed by atoms with van der Waals surface area (Å²) in [7, 11) is 0. The number of rotatable bonds is 3. The second-order valence-electron chi connectivity index (χ2n) is 4.17. The highest BCUT2D eigenvalue weighted by Crippen LogP contribution is 2.23. The van der Waals surface area contributed by atoms with Gasteiger partial charge in [0.2, 0.25) is 0 Å². The summed E-state index contributed by atoms with van der Waals surface area (Å²) >= 11 is 0. The van der Waals surface area contributed by atoms with Crippen LogP contribution in [0.3, 0.4) is 0 Å². The normalized spacial score (nSPS) is 19.4. The van der Waals surface area contributed by atoms with Crippen LogP contribution in [0, 0.1) is 0 Å². The van der Waals surface area contributed by atoms with E-state index >= 15 is 0 Å². The van der Waals surface area contributed by atoms with Crippen molar-refractivity contribution in [3.63, 3.8) is 0 Å². The molecule has 0 radical (unpaired) electrons. The van der Waals surface area contributed by atoms with Crippen molar-refractivity contribution in [2.24, 2.45) is 5.84 Å². The summed E-state index contributed by atoms with van der Waals surface area (Å²) in [6, 6.07) is 7.06. The highest BCUT2D eigenvalue weighted by molar-refractivity contribution is 5.99. The van der Waals surface area contributed by atoms with Gasteiger partial charge in [-0.1, -0.05) is 12.1 Å². The zero-order valence-corrected chi connectivity index (χ0v) is 9.60. The predicted molar refractivity (Wildman–Crippen MR) is 65.4 cm³/mol. The second-order valence-corrected chi connectivity index (χ2v) is 4.17. The van der Waals surface area contributed by atoms with Gasteiger partial charge >= 0.3 is 0 Å². The molecule has 0 saturated carbocycles. The molecule has 1 saturated heterocycles. The summed E-state index contributed by atoms with van der Waals surface area (Å²) in [5, 5.41) is 9.22. The van der Waals surface area contributed by atoms with E-state index < -0.39 is 0 Å². The number of aliphatic hydroxyl groups excluding tert-OH is 1. The zero-order chi connectivity index (χ0) is 12.3. The topological polar surface area (TPSA) is 78.6 Å². The number of amides is 1. The molecule has 2 rings (SSSR count). The van der Waals surface area contributed by atoms with Gasteiger partial charge in [0.15, 0.2) is 0 Å². The lowest BCUT2D eigenvalue weighted by Gasteiger charge is -2.24. The Morgan fingerprint density at radius 1 is 1.53 bits per heavy atom. The van der Waals surface area contributed by atoms with E-state index in [0.717, 1.165) is 12.8 Å². The minimum absolute atomic E-state index is 0.0178. The second kappa shape index (κ2) is 5.16. The molecule has 17 heavy (non-hydrogen) atoms. The smallest absolute Gasteiger partial charge is 0.256 e. The minimum atomic E-state index is -0.0740. The van der Waals surface area contributed by atoms with E-state index in [1.807, 2.05) is 6.07 Å². The van der Waals surface area contributed by atoms with E-state index in [1.165, 1.54) is 0 Å². The van der Waals surface area contributed by atoms with Gasteiger partial charge < -0.3 is 15.4 Å². The Bertz CT molecular complexity index is 408. The maximum Gasteiger partial charge on any atom is 0.256 e. The van der Waals surface area contributed by atoms with Gasteiger partial charge in [-0.25, -0.2) is 0 Å². The number of nitrogen functional groups attached to an aromatic ring is 1. The molecule has 5 heteroatoms. The third-order valence-electron chi connectivity index (χ3n) is 3.16. The number of nitrogens with zero attached hydrogens (tertiary/aromatic N) is 1. The van der Waals surface area contributed by atoms with Gasteiger partial charge in [-0.3, -0.25) is 10.6 Å². The van der Waals surface area contributed by atoms with E-state index in [1.54, 1.807) is 23.1 Å². The number of anilines is 1. The van der Waals surface area contributed by atoms with Gasteiger partial charge in [0.05, 0.1) is 23.9 Å². The van der Waals surface area contributed by atoms with Crippen LogP contribution in [0.15, 0.2) is 24.3 Å². The summed E-state index contributed by atoms with van der Waals surface area (Å²) < 4.78 is 0. The number of para-hydroxylation sites is 1. The standard InChI is InChI=1S/C12H17N3O2/c13-14-11-6-2-1-5-10(11)12(17)15-7-3-4-9(15)8-16/h1-2,5-6,9,14,16H,3-4,7-8,13H2. The number of hydrogen-bond acceptors (Lipinski definition) is 4. The maximum atomic E-state index is 12.3. The Kier molecular flexibility index (Phi) is 3.61. The lowest BCUT2D eigenvalue weighted by Crippen LogP contribution is -2.38. The molecule has 0 bridgehead atoms. The first kappa shape index (κ1) is 11.9. The highest BCUT2D eigenvalue weighted by Gasteiger charge is 2.29. The molecule has 1 aromatic carbocycles. The van der Waals surface area contributed by atoms with Gasteiger partial charge in [0.25, 0.3) is 5.91 Å². The molecule has 1 unspecified atom stereocenters. The van der Waals surface area contributed by atoms with Crippen LogP contribution in [0.2, 0.25) is 0 Å². The van der Waals surface area contributed by atoms with Crippen LogP contribution in [-0.2, 0) is 0 Å². The van der Waals surface area contributed by atoms with E-state index in [-0.39, 0.29) is 18.6 Å². The molecule has 1 aliphatic rings. The van der Waals surface area contributed by atoms with Crippen LogP contribution in [0.5, 0.6) is 0 Å². The fourth-order valence-electron chi connectivity index (χ4n) is 2.24. The third kappa shape index (κ3) is 2.25. The van der Waals surface area contributed by atoms with Crippen molar-refractivity contribution >= 4 is 11.6 Å². The SMILES string of the molecule is NNc1ccccc1C(=O)N1CCCC1CO. The number of aliphatic hydroxyl groups is 1. The Hall–Kier alpha value is -1.59. The van der Waals surface area contributed by atoms with Crippen LogP contribution in [0.1, 0.15) is 23.2 Å². The molecular formula is C12H17N3O2. The fraction of sp³-hybridized carbons (Fsp3) is 0.417. The number of hydrazine groups is 1. The quantitative estimate of drug-likeness (QED) is 0.528. The van der Waals surface area contributed by atoms with E-state index in [2.05, 4.69) is 5.43 Å². The molecule has 1 aliphatic heterocycles. The molecule has 0 aromatic heterocycles. The number of carbonyl (C=O) groups excluding carboxylic acids is 1.